The van der Waals surface area contributed by atoms with Crippen LogP contribution < -0.4 is 5.73 Å². The molecule has 34 heavy (non-hydrogen) atoms. The van der Waals surface area contributed by atoms with Crippen molar-refractivity contribution in [2.45, 2.75) is 39.2 Å². The molecule has 1 saturated heterocycles. The van der Waals surface area contributed by atoms with Gasteiger partial charge in [-0.05, 0) is 74.0 Å². The fourth-order valence-corrected chi connectivity index (χ4v) is 5.13. The minimum absolute atomic E-state index is 0.216. The molecule has 2 aromatic heterocycles. The van der Waals surface area contributed by atoms with E-state index < -0.39 is 5.97 Å². The monoisotopic (exact) mass is 454 g/mol. The van der Waals surface area contributed by atoms with E-state index in [1.54, 1.807) is 0 Å². The number of aromatic nitrogens is 2. The second-order valence-electron chi connectivity index (χ2n) is 9.45. The standard InChI is InChI=1S/C28H30N4O2/c1-17-3-10-23-24(15-17)31-27(29)26-25(23)21(11-13-30-26)9-6-19-4-7-20(8-5-19)18(2)32-14-12-22(16-32)28(33)34/h3-5,7-8,10-11,13,15,18,22H,6,9,12,14,16H2,1-2H3,(H2,29,31)(H,33,34). The van der Waals surface area contributed by atoms with E-state index in [4.69, 9.17) is 5.73 Å². The minimum atomic E-state index is -0.686. The Bertz CT molecular complexity index is 1370. The Balaban J connectivity index is 1.35. The van der Waals surface area contributed by atoms with Gasteiger partial charge in [0.1, 0.15) is 5.52 Å². The number of benzene rings is 2. The van der Waals surface area contributed by atoms with Crippen molar-refractivity contribution in [1.82, 2.24) is 14.9 Å². The van der Waals surface area contributed by atoms with E-state index in [0.717, 1.165) is 53.2 Å². The fourth-order valence-electron chi connectivity index (χ4n) is 5.13. The van der Waals surface area contributed by atoms with Crippen LogP contribution >= 0.6 is 0 Å². The van der Waals surface area contributed by atoms with Crippen molar-refractivity contribution in [1.29, 1.82) is 0 Å². The lowest BCUT2D eigenvalue weighted by atomic mass is 9.97. The molecule has 0 radical (unpaired) electrons. The highest BCUT2D eigenvalue weighted by atomic mass is 16.4. The van der Waals surface area contributed by atoms with E-state index >= 15 is 0 Å². The molecule has 6 heteroatoms. The third kappa shape index (κ3) is 4.21. The zero-order valence-electron chi connectivity index (χ0n) is 19.7. The quantitative estimate of drug-likeness (QED) is 0.402. The highest BCUT2D eigenvalue weighted by Gasteiger charge is 2.30. The number of nitrogens with two attached hydrogens (primary N) is 1. The lowest BCUT2D eigenvalue weighted by Crippen LogP contribution is -2.26. The van der Waals surface area contributed by atoms with E-state index in [1.165, 1.54) is 16.7 Å². The van der Waals surface area contributed by atoms with Gasteiger partial charge in [-0.2, -0.15) is 0 Å². The van der Waals surface area contributed by atoms with Gasteiger partial charge in [-0.1, -0.05) is 36.4 Å². The molecule has 0 spiro atoms. The number of hydrogen-bond acceptors (Lipinski definition) is 5. The molecule has 0 amide bonds. The lowest BCUT2D eigenvalue weighted by molar-refractivity contribution is -0.141. The summed E-state index contributed by atoms with van der Waals surface area (Å²) < 4.78 is 0. The summed E-state index contributed by atoms with van der Waals surface area (Å²) in [7, 11) is 0. The van der Waals surface area contributed by atoms with Crippen molar-refractivity contribution in [3.63, 3.8) is 0 Å². The number of fused-ring (bicyclic) bond motifs is 3. The van der Waals surface area contributed by atoms with E-state index in [0.29, 0.717) is 12.4 Å². The summed E-state index contributed by atoms with van der Waals surface area (Å²) in [5.74, 6) is -0.462. The first-order valence-electron chi connectivity index (χ1n) is 11.9. The first-order chi connectivity index (χ1) is 16.4. The third-order valence-electron chi connectivity index (χ3n) is 7.21. The topological polar surface area (TPSA) is 92.3 Å². The maximum Gasteiger partial charge on any atom is 0.307 e. The molecule has 0 bridgehead atoms. The first kappa shape index (κ1) is 22.3. The van der Waals surface area contributed by atoms with Crippen LogP contribution in [-0.2, 0) is 17.6 Å². The predicted molar refractivity (Wildman–Crippen MR) is 136 cm³/mol. The molecule has 1 fully saturated rings. The Labute approximate surface area is 199 Å². The predicted octanol–water partition coefficient (Wildman–Crippen LogP) is 4.93. The van der Waals surface area contributed by atoms with Crippen molar-refractivity contribution in [2.75, 3.05) is 18.8 Å². The Morgan fingerprint density at radius 2 is 1.97 bits per heavy atom. The van der Waals surface area contributed by atoms with Gasteiger partial charge in [-0.25, -0.2) is 4.98 Å². The smallest absolute Gasteiger partial charge is 0.307 e. The summed E-state index contributed by atoms with van der Waals surface area (Å²) >= 11 is 0. The van der Waals surface area contributed by atoms with Gasteiger partial charge in [-0.15, -0.1) is 0 Å². The van der Waals surface area contributed by atoms with E-state index in [-0.39, 0.29) is 12.0 Å². The Morgan fingerprint density at radius 3 is 2.71 bits per heavy atom. The maximum atomic E-state index is 11.3. The van der Waals surface area contributed by atoms with Crippen LogP contribution in [0.5, 0.6) is 0 Å². The molecular weight excluding hydrogens is 424 g/mol. The van der Waals surface area contributed by atoms with Gasteiger partial charge in [0.25, 0.3) is 0 Å². The summed E-state index contributed by atoms with van der Waals surface area (Å²) in [6.07, 6.45) is 4.34. The van der Waals surface area contributed by atoms with Gasteiger partial charge in [0.15, 0.2) is 5.82 Å². The number of nitrogens with zero attached hydrogens (tertiary/aromatic N) is 3. The van der Waals surface area contributed by atoms with Crippen molar-refractivity contribution >= 4 is 33.6 Å². The Morgan fingerprint density at radius 1 is 1.18 bits per heavy atom. The van der Waals surface area contributed by atoms with Gasteiger partial charge in [0.05, 0.1) is 11.4 Å². The number of aliphatic carboxylic acids is 1. The zero-order valence-corrected chi connectivity index (χ0v) is 19.7. The van der Waals surface area contributed by atoms with Crippen molar-refractivity contribution in [3.05, 3.63) is 77.0 Å². The number of aryl methyl sites for hydroxylation is 3. The number of carboxylic acids is 1. The molecule has 2 atom stereocenters. The number of rotatable bonds is 6. The fraction of sp³-hybridized carbons (Fsp3) is 0.321. The molecule has 6 nitrogen and oxygen atoms in total. The van der Waals surface area contributed by atoms with E-state index in [2.05, 4.69) is 77.2 Å². The van der Waals surface area contributed by atoms with Gasteiger partial charge in [0, 0.05) is 29.6 Å². The number of likely N-dealkylation sites (tertiary alicyclic amines) is 1. The average molecular weight is 455 g/mol. The Kier molecular flexibility index (Phi) is 5.92. The summed E-state index contributed by atoms with van der Waals surface area (Å²) in [6, 6.07) is 17.3. The molecule has 3 N–H and O–H groups in total. The molecule has 2 aromatic carbocycles. The first-order valence-corrected chi connectivity index (χ1v) is 11.9. The molecule has 0 aliphatic carbocycles. The number of carbonyl (C=O) groups is 1. The van der Waals surface area contributed by atoms with Gasteiger partial charge in [-0.3, -0.25) is 14.7 Å². The lowest BCUT2D eigenvalue weighted by Gasteiger charge is -2.24. The zero-order chi connectivity index (χ0) is 23.8. The average Bonchev–Trinajstić information content (AvgIpc) is 3.33. The molecule has 1 aliphatic heterocycles. The molecule has 174 valence electrons. The highest BCUT2D eigenvalue weighted by Crippen LogP contribution is 2.31. The van der Waals surface area contributed by atoms with Crippen LogP contribution in [0, 0.1) is 12.8 Å². The highest BCUT2D eigenvalue weighted by molar-refractivity contribution is 6.09. The Hall–Kier alpha value is -3.51. The van der Waals surface area contributed by atoms with Gasteiger partial charge < -0.3 is 10.8 Å². The summed E-state index contributed by atoms with van der Waals surface area (Å²) in [4.78, 5) is 22.7. The number of pyridine rings is 2. The molecule has 0 saturated carbocycles. The molecule has 1 aliphatic rings. The van der Waals surface area contributed by atoms with Crippen LogP contribution in [0.3, 0.4) is 0 Å². The van der Waals surface area contributed by atoms with Gasteiger partial charge >= 0.3 is 5.97 Å². The largest absolute Gasteiger partial charge is 0.481 e. The molecule has 4 aromatic rings. The third-order valence-corrected chi connectivity index (χ3v) is 7.21. The number of anilines is 1. The van der Waals surface area contributed by atoms with Crippen LogP contribution in [0.1, 0.15) is 41.6 Å². The molecular formula is C28H30N4O2. The minimum Gasteiger partial charge on any atom is -0.481 e. The van der Waals surface area contributed by atoms with Crippen molar-refractivity contribution < 1.29 is 9.90 Å². The number of nitrogen functional groups attached to an aromatic ring is 1. The van der Waals surface area contributed by atoms with Crippen LogP contribution in [0.2, 0.25) is 0 Å². The van der Waals surface area contributed by atoms with E-state index in [9.17, 15) is 9.90 Å². The van der Waals surface area contributed by atoms with E-state index in [1.807, 2.05) is 6.20 Å². The second kappa shape index (κ2) is 9.03. The number of carboxylic acid groups (broad SMARTS) is 1. The van der Waals surface area contributed by atoms with Crippen LogP contribution in [0.4, 0.5) is 5.82 Å². The normalized spacial score (nSPS) is 17.4. The van der Waals surface area contributed by atoms with Crippen LogP contribution in [-0.4, -0.2) is 39.0 Å². The van der Waals surface area contributed by atoms with Crippen LogP contribution in [0.25, 0.3) is 21.8 Å². The van der Waals surface area contributed by atoms with Gasteiger partial charge in [0.2, 0.25) is 0 Å². The van der Waals surface area contributed by atoms with Crippen molar-refractivity contribution in [3.8, 4) is 0 Å². The summed E-state index contributed by atoms with van der Waals surface area (Å²) in [5.41, 5.74) is 12.8. The summed E-state index contributed by atoms with van der Waals surface area (Å²) in [5, 5.41) is 11.5. The van der Waals surface area contributed by atoms with Crippen molar-refractivity contribution in [2.24, 2.45) is 5.92 Å². The molecule has 3 heterocycles. The SMILES string of the molecule is Cc1ccc2c(c1)nc(N)c1nccc(CCc3ccc(C(C)N4CCC(C(=O)O)C4)cc3)c12. The van der Waals surface area contributed by atoms with Crippen LogP contribution in [0.15, 0.2) is 54.7 Å². The second-order valence-corrected chi connectivity index (χ2v) is 9.45. The molecule has 2 unspecified atom stereocenters. The maximum absolute atomic E-state index is 11.3. The molecule has 5 rings (SSSR count). The summed E-state index contributed by atoms with van der Waals surface area (Å²) in [6.45, 7) is 5.68. The number of hydrogen-bond donors (Lipinski definition) is 2.